The molecule has 7 heteroatoms. The van der Waals surface area contributed by atoms with Crippen molar-refractivity contribution in [2.75, 3.05) is 6.54 Å². The summed E-state index contributed by atoms with van der Waals surface area (Å²) in [4.78, 5) is 16.1. The molecule has 0 bridgehead atoms. The SMILES string of the molecule is C=CC[C@H](NC(C)=O)[C@H](O)CN[C@H]1C[C@]2(C[C@H](O)C2)Oc2ncc(CC(C)(C)C)cc21. The first-order valence-electron chi connectivity index (χ1n) is 11.2. The Labute approximate surface area is 185 Å². The van der Waals surface area contributed by atoms with Crippen LogP contribution in [0.2, 0.25) is 0 Å². The molecule has 31 heavy (non-hydrogen) atoms. The van der Waals surface area contributed by atoms with Gasteiger partial charge in [-0.2, -0.15) is 0 Å². The first-order valence-corrected chi connectivity index (χ1v) is 11.2. The van der Waals surface area contributed by atoms with Crippen molar-refractivity contribution >= 4 is 5.91 Å². The predicted octanol–water partition coefficient (Wildman–Crippen LogP) is 2.42. The van der Waals surface area contributed by atoms with Crippen LogP contribution in [0.15, 0.2) is 24.9 Å². The van der Waals surface area contributed by atoms with Crippen LogP contribution in [0.5, 0.6) is 5.88 Å². The van der Waals surface area contributed by atoms with E-state index < -0.39 is 17.7 Å². The molecule has 0 unspecified atom stereocenters. The lowest BCUT2D eigenvalue weighted by Crippen LogP contribution is -2.56. The molecule has 3 atom stereocenters. The third kappa shape index (κ3) is 6.05. The number of carbonyl (C=O) groups is 1. The number of aromatic nitrogens is 1. The minimum absolute atomic E-state index is 0.0555. The van der Waals surface area contributed by atoms with E-state index in [1.54, 1.807) is 6.08 Å². The normalized spacial score (nSPS) is 26.9. The number of nitrogens with zero attached hydrogens (tertiary/aromatic N) is 1. The van der Waals surface area contributed by atoms with Gasteiger partial charge in [0.05, 0.1) is 18.2 Å². The Morgan fingerprint density at radius 3 is 2.71 bits per heavy atom. The third-order valence-electron chi connectivity index (χ3n) is 6.00. The highest BCUT2D eigenvalue weighted by molar-refractivity contribution is 5.73. The first-order chi connectivity index (χ1) is 14.5. The third-order valence-corrected chi connectivity index (χ3v) is 6.00. The fourth-order valence-corrected chi connectivity index (χ4v) is 4.68. The Hall–Kier alpha value is -1.96. The molecule has 1 spiro atoms. The van der Waals surface area contributed by atoms with E-state index in [-0.39, 0.29) is 23.5 Å². The number of amides is 1. The summed E-state index contributed by atoms with van der Waals surface area (Å²) in [7, 11) is 0. The zero-order chi connectivity index (χ0) is 22.8. The Morgan fingerprint density at radius 2 is 2.13 bits per heavy atom. The number of fused-ring (bicyclic) bond motifs is 1. The second-order valence-corrected chi connectivity index (χ2v) is 10.4. The molecule has 1 aromatic rings. The van der Waals surface area contributed by atoms with Crippen molar-refractivity contribution in [1.82, 2.24) is 15.6 Å². The summed E-state index contributed by atoms with van der Waals surface area (Å²) in [6.45, 7) is 12.1. The molecule has 0 radical (unpaired) electrons. The summed E-state index contributed by atoms with van der Waals surface area (Å²) in [6.07, 6.45) is 5.73. The summed E-state index contributed by atoms with van der Waals surface area (Å²) in [5.74, 6) is 0.424. The Balaban J connectivity index is 1.78. The average molecular weight is 432 g/mol. The van der Waals surface area contributed by atoms with E-state index >= 15 is 0 Å². The number of aliphatic hydroxyl groups excluding tert-OH is 2. The van der Waals surface area contributed by atoms with Gasteiger partial charge in [0.15, 0.2) is 0 Å². The molecule has 1 fully saturated rings. The van der Waals surface area contributed by atoms with Crippen LogP contribution >= 0.6 is 0 Å². The molecule has 1 amide bonds. The standard InChI is InChI=1S/C24H37N3O4/c1-6-7-19(27-15(2)28)21(30)14-25-20-12-24(10-17(29)11-24)31-22-18(20)8-16(13-26-22)9-23(3,4)5/h6,8,13,17,19-21,25,29-30H,1,7,9-12,14H2,2-5H3,(H,27,28)/t17-,19-,20-,21+,24+/m0/s1. The van der Waals surface area contributed by atoms with Crippen molar-refractivity contribution < 1.29 is 19.7 Å². The quantitative estimate of drug-likeness (QED) is 0.472. The average Bonchev–Trinajstić information content (AvgIpc) is 2.63. The molecular formula is C24H37N3O4. The van der Waals surface area contributed by atoms with Crippen molar-refractivity contribution in [3.63, 3.8) is 0 Å². The fourth-order valence-electron chi connectivity index (χ4n) is 4.68. The number of hydrogen-bond acceptors (Lipinski definition) is 6. The molecule has 4 N–H and O–H groups in total. The number of hydrogen-bond donors (Lipinski definition) is 4. The van der Waals surface area contributed by atoms with E-state index in [0.29, 0.717) is 38.1 Å². The Kier molecular flexibility index (Phi) is 7.08. The van der Waals surface area contributed by atoms with Gasteiger partial charge >= 0.3 is 0 Å². The molecule has 3 rings (SSSR count). The fraction of sp³-hybridized carbons (Fsp3) is 0.667. The molecule has 2 aliphatic rings. The minimum atomic E-state index is -0.762. The van der Waals surface area contributed by atoms with Crippen LogP contribution in [-0.4, -0.2) is 51.5 Å². The van der Waals surface area contributed by atoms with Gasteiger partial charge in [-0.15, -0.1) is 6.58 Å². The van der Waals surface area contributed by atoms with Crippen LogP contribution < -0.4 is 15.4 Å². The summed E-state index contributed by atoms with van der Waals surface area (Å²) in [6, 6.07) is 1.70. The van der Waals surface area contributed by atoms with Gasteiger partial charge in [-0.1, -0.05) is 26.8 Å². The highest BCUT2D eigenvalue weighted by Crippen LogP contribution is 2.48. The van der Waals surface area contributed by atoms with Crippen LogP contribution in [0.25, 0.3) is 0 Å². The molecule has 0 saturated heterocycles. The highest BCUT2D eigenvalue weighted by atomic mass is 16.5. The van der Waals surface area contributed by atoms with Gasteiger partial charge in [0, 0.05) is 50.5 Å². The molecule has 1 aliphatic heterocycles. The van der Waals surface area contributed by atoms with Gasteiger partial charge < -0.3 is 25.6 Å². The van der Waals surface area contributed by atoms with Gasteiger partial charge in [0.2, 0.25) is 11.8 Å². The number of aliphatic hydroxyl groups is 2. The Bertz CT molecular complexity index is 799. The van der Waals surface area contributed by atoms with E-state index in [1.165, 1.54) is 6.92 Å². The van der Waals surface area contributed by atoms with E-state index in [2.05, 4.69) is 49.0 Å². The number of carbonyl (C=O) groups excluding carboxylic acids is 1. The molecule has 1 aliphatic carbocycles. The Morgan fingerprint density at radius 1 is 1.42 bits per heavy atom. The van der Waals surface area contributed by atoms with Gasteiger partial charge in [0.1, 0.15) is 5.60 Å². The zero-order valence-corrected chi connectivity index (χ0v) is 19.1. The second kappa shape index (κ2) is 9.27. The number of pyridine rings is 1. The summed E-state index contributed by atoms with van der Waals surface area (Å²) in [5.41, 5.74) is 1.86. The number of ether oxygens (including phenoxy) is 1. The monoisotopic (exact) mass is 431 g/mol. The molecule has 1 aromatic heterocycles. The number of rotatable bonds is 8. The summed E-state index contributed by atoms with van der Waals surface area (Å²) < 4.78 is 6.24. The van der Waals surface area contributed by atoms with Crippen molar-refractivity contribution in [1.29, 1.82) is 0 Å². The smallest absolute Gasteiger partial charge is 0.218 e. The van der Waals surface area contributed by atoms with Crippen LogP contribution in [0.3, 0.4) is 0 Å². The maximum absolute atomic E-state index is 11.5. The lowest BCUT2D eigenvalue weighted by Gasteiger charge is -2.50. The topological polar surface area (TPSA) is 104 Å². The first kappa shape index (κ1) is 23.7. The van der Waals surface area contributed by atoms with Gasteiger partial charge in [-0.25, -0.2) is 4.98 Å². The van der Waals surface area contributed by atoms with E-state index in [0.717, 1.165) is 17.5 Å². The van der Waals surface area contributed by atoms with Crippen LogP contribution in [0.4, 0.5) is 0 Å². The lowest BCUT2D eigenvalue weighted by atomic mass is 9.71. The van der Waals surface area contributed by atoms with E-state index in [1.807, 2.05) is 6.20 Å². The van der Waals surface area contributed by atoms with E-state index in [4.69, 9.17) is 4.74 Å². The van der Waals surface area contributed by atoms with Crippen molar-refractivity contribution in [3.05, 3.63) is 36.0 Å². The lowest BCUT2D eigenvalue weighted by molar-refractivity contribution is -0.120. The zero-order valence-electron chi connectivity index (χ0n) is 19.1. The van der Waals surface area contributed by atoms with Crippen LogP contribution in [0.1, 0.15) is 70.5 Å². The largest absolute Gasteiger partial charge is 0.471 e. The molecule has 172 valence electrons. The molecule has 2 heterocycles. The molecule has 1 saturated carbocycles. The van der Waals surface area contributed by atoms with Crippen LogP contribution in [0, 0.1) is 5.41 Å². The molecule has 0 aromatic carbocycles. The minimum Gasteiger partial charge on any atom is -0.471 e. The number of nitrogens with one attached hydrogen (secondary N) is 2. The van der Waals surface area contributed by atoms with E-state index in [9.17, 15) is 15.0 Å². The maximum atomic E-state index is 11.5. The van der Waals surface area contributed by atoms with Gasteiger partial charge in [-0.3, -0.25) is 4.79 Å². The predicted molar refractivity (Wildman–Crippen MR) is 120 cm³/mol. The summed E-state index contributed by atoms with van der Waals surface area (Å²) >= 11 is 0. The highest BCUT2D eigenvalue weighted by Gasteiger charge is 2.51. The second-order valence-electron chi connectivity index (χ2n) is 10.4. The van der Waals surface area contributed by atoms with Gasteiger partial charge in [-0.05, 0) is 29.9 Å². The maximum Gasteiger partial charge on any atom is 0.218 e. The van der Waals surface area contributed by atoms with Crippen molar-refractivity contribution in [2.45, 2.75) is 89.7 Å². The summed E-state index contributed by atoms with van der Waals surface area (Å²) in [5, 5.41) is 26.9. The molecular weight excluding hydrogens is 394 g/mol. The van der Waals surface area contributed by atoms with Crippen LogP contribution in [-0.2, 0) is 11.2 Å². The molecule has 7 nitrogen and oxygen atoms in total. The van der Waals surface area contributed by atoms with Gasteiger partial charge in [0.25, 0.3) is 0 Å². The van der Waals surface area contributed by atoms with Crippen molar-refractivity contribution in [3.8, 4) is 5.88 Å². The van der Waals surface area contributed by atoms with Crippen molar-refractivity contribution in [2.24, 2.45) is 5.41 Å².